The molecule has 23 heavy (non-hydrogen) atoms. The highest BCUT2D eigenvalue weighted by atomic mass is 16.4. The Morgan fingerprint density at radius 3 is 1.61 bits per heavy atom. The summed E-state index contributed by atoms with van der Waals surface area (Å²) in [5, 5.41) is 12.4. The second-order valence-electron chi connectivity index (χ2n) is 5.39. The predicted molar refractivity (Wildman–Crippen MR) is 93.2 cm³/mol. The minimum absolute atomic E-state index is 0.173. The van der Waals surface area contributed by atoms with Gasteiger partial charge in [0.25, 0.3) is 0 Å². The molecule has 0 bridgehead atoms. The van der Waals surface area contributed by atoms with Gasteiger partial charge in [0.1, 0.15) is 0 Å². The zero-order valence-electron chi connectivity index (χ0n) is 12.4. The number of hydrogen-bond donors (Lipinski definition) is 1. The summed E-state index contributed by atoms with van der Waals surface area (Å²) in [7, 11) is 0. The molecule has 0 fully saturated rings. The van der Waals surface area contributed by atoms with Crippen molar-refractivity contribution in [2.75, 3.05) is 0 Å². The van der Waals surface area contributed by atoms with Crippen LogP contribution in [-0.4, -0.2) is 5.11 Å². The fraction of sp³-hybridized carbons (Fsp3) is 0. The first-order valence-electron chi connectivity index (χ1n) is 7.53. The largest absolute Gasteiger partial charge is 0.500 e. The molecule has 0 unspecified atom stereocenters. The Kier molecular flexibility index (Phi) is 3.28. The number of benzene rings is 3. The van der Waals surface area contributed by atoms with Crippen LogP contribution in [-0.2, 0) is 0 Å². The van der Waals surface area contributed by atoms with E-state index in [-0.39, 0.29) is 5.75 Å². The Balaban J connectivity index is 2.08. The van der Waals surface area contributed by atoms with Crippen LogP contribution in [0.2, 0.25) is 0 Å². The van der Waals surface area contributed by atoms with E-state index in [9.17, 15) is 5.11 Å². The minimum atomic E-state index is 0.173. The van der Waals surface area contributed by atoms with Gasteiger partial charge in [0.05, 0.1) is 16.5 Å². The molecule has 0 aliphatic rings. The molecule has 2 nitrogen and oxygen atoms in total. The number of rotatable bonds is 2. The topological polar surface area (TPSA) is 31.5 Å². The van der Waals surface area contributed by atoms with Crippen molar-refractivity contribution in [2.24, 2.45) is 0 Å². The third kappa shape index (κ3) is 2.34. The van der Waals surface area contributed by atoms with Crippen LogP contribution >= 0.6 is 0 Å². The van der Waals surface area contributed by atoms with Crippen LogP contribution in [0, 0.1) is 0 Å². The standard InChI is InChI=1S/C21H14O2/c22-19-17-13-7-8-14-18(17)20(15-9-3-1-4-10-15)23-21(19)16-11-5-2-6-12-16/h1-14H/p+1. The summed E-state index contributed by atoms with van der Waals surface area (Å²) in [4.78, 5) is 0. The highest BCUT2D eigenvalue weighted by molar-refractivity contribution is 6.00. The van der Waals surface area contributed by atoms with Crippen molar-refractivity contribution >= 4 is 10.8 Å². The Hall–Kier alpha value is -3.13. The molecule has 0 saturated heterocycles. The normalized spacial score (nSPS) is 10.8. The Morgan fingerprint density at radius 1 is 0.522 bits per heavy atom. The summed E-state index contributed by atoms with van der Waals surface area (Å²) in [5.74, 6) is 1.42. The summed E-state index contributed by atoms with van der Waals surface area (Å²) in [5.41, 5.74) is 1.84. The quantitative estimate of drug-likeness (QED) is 0.478. The molecule has 0 saturated carbocycles. The molecule has 0 aliphatic heterocycles. The van der Waals surface area contributed by atoms with E-state index in [1.807, 2.05) is 84.9 Å². The second-order valence-corrected chi connectivity index (χ2v) is 5.39. The molecule has 0 atom stereocenters. The van der Waals surface area contributed by atoms with E-state index in [0.717, 1.165) is 27.7 Å². The van der Waals surface area contributed by atoms with Crippen LogP contribution in [0.4, 0.5) is 0 Å². The average Bonchev–Trinajstić information content (AvgIpc) is 2.64. The van der Waals surface area contributed by atoms with Crippen LogP contribution in [0.25, 0.3) is 33.4 Å². The zero-order valence-corrected chi connectivity index (χ0v) is 12.4. The van der Waals surface area contributed by atoms with Gasteiger partial charge in [-0.3, -0.25) is 0 Å². The molecular formula is C21H15O2+. The number of hydrogen-bond acceptors (Lipinski definition) is 1. The molecule has 0 spiro atoms. The molecule has 0 amide bonds. The third-order valence-electron chi connectivity index (χ3n) is 3.92. The molecular weight excluding hydrogens is 284 g/mol. The van der Waals surface area contributed by atoms with Crippen LogP contribution in [0.15, 0.2) is 89.3 Å². The lowest BCUT2D eigenvalue weighted by molar-refractivity contribution is 0.455. The second kappa shape index (κ2) is 5.58. The summed E-state index contributed by atoms with van der Waals surface area (Å²) < 4.78 is 6.14. The molecule has 1 heterocycles. The van der Waals surface area contributed by atoms with Gasteiger partial charge < -0.3 is 5.11 Å². The van der Waals surface area contributed by atoms with Gasteiger partial charge in [-0.15, -0.1) is 0 Å². The van der Waals surface area contributed by atoms with Gasteiger partial charge in [-0.25, -0.2) is 4.42 Å². The van der Waals surface area contributed by atoms with Gasteiger partial charge in [-0.2, -0.15) is 0 Å². The van der Waals surface area contributed by atoms with Gasteiger partial charge in [0.2, 0.25) is 5.75 Å². The molecule has 4 aromatic rings. The van der Waals surface area contributed by atoms with Crippen LogP contribution in [0.3, 0.4) is 0 Å². The third-order valence-corrected chi connectivity index (χ3v) is 3.92. The molecule has 3 aromatic carbocycles. The first-order valence-corrected chi connectivity index (χ1v) is 7.53. The van der Waals surface area contributed by atoms with E-state index in [1.165, 1.54) is 0 Å². The smallest absolute Gasteiger partial charge is 0.402 e. The Bertz CT molecular complexity index is 961. The maximum Gasteiger partial charge on any atom is 0.402 e. The van der Waals surface area contributed by atoms with Crippen molar-refractivity contribution in [1.29, 1.82) is 0 Å². The fourth-order valence-electron chi connectivity index (χ4n) is 2.80. The molecule has 0 radical (unpaired) electrons. The first-order chi connectivity index (χ1) is 11.3. The van der Waals surface area contributed by atoms with Gasteiger partial charge in [-0.1, -0.05) is 48.5 Å². The monoisotopic (exact) mass is 299 g/mol. The number of aromatic hydroxyl groups is 1. The van der Waals surface area contributed by atoms with Crippen LogP contribution in [0.1, 0.15) is 0 Å². The SMILES string of the molecule is Oc1c(-c2ccccc2)[o+]c(-c2ccccc2)c2ccccc12. The Labute approximate surface area is 134 Å². The van der Waals surface area contributed by atoms with E-state index < -0.39 is 0 Å². The Morgan fingerprint density at radius 2 is 1.00 bits per heavy atom. The lowest BCUT2D eigenvalue weighted by Crippen LogP contribution is -1.87. The lowest BCUT2D eigenvalue weighted by Gasteiger charge is -2.03. The predicted octanol–water partition coefficient (Wildman–Crippen LogP) is 5.75. The van der Waals surface area contributed by atoms with Crippen molar-refractivity contribution < 1.29 is 9.52 Å². The maximum absolute atomic E-state index is 10.7. The molecule has 110 valence electrons. The van der Waals surface area contributed by atoms with Gasteiger partial charge in [0, 0.05) is 5.39 Å². The van der Waals surface area contributed by atoms with Gasteiger partial charge in [-0.05, 0) is 36.4 Å². The maximum atomic E-state index is 10.7. The summed E-state index contributed by atoms with van der Waals surface area (Å²) in [6.45, 7) is 0. The van der Waals surface area contributed by atoms with E-state index in [1.54, 1.807) is 0 Å². The van der Waals surface area contributed by atoms with E-state index in [4.69, 9.17) is 4.42 Å². The van der Waals surface area contributed by atoms with Gasteiger partial charge >= 0.3 is 11.5 Å². The molecule has 4 rings (SSSR count). The highest BCUT2D eigenvalue weighted by Crippen LogP contribution is 2.41. The summed E-state index contributed by atoms with van der Waals surface area (Å²) in [6, 6.07) is 27.4. The average molecular weight is 299 g/mol. The fourth-order valence-corrected chi connectivity index (χ4v) is 2.80. The zero-order chi connectivity index (χ0) is 15.6. The van der Waals surface area contributed by atoms with Crippen LogP contribution in [0.5, 0.6) is 5.75 Å². The summed E-state index contributed by atoms with van der Waals surface area (Å²) in [6.07, 6.45) is 0. The van der Waals surface area contributed by atoms with E-state index in [2.05, 4.69) is 0 Å². The molecule has 1 aromatic heterocycles. The number of fused-ring (bicyclic) bond motifs is 1. The van der Waals surface area contributed by atoms with Crippen molar-refractivity contribution in [2.45, 2.75) is 0 Å². The van der Waals surface area contributed by atoms with E-state index in [0.29, 0.717) is 5.76 Å². The van der Waals surface area contributed by atoms with Gasteiger partial charge in [0.15, 0.2) is 0 Å². The van der Waals surface area contributed by atoms with Crippen molar-refractivity contribution in [1.82, 2.24) is 0 Å². The van der Waals surface area contributed by atoms with Crippen molar-refractivity contribution in [3.63, 3.8) is 0 Å². The van der Waals surface area contributed by atoms with Crippen molar-refractivity contribution in [3.05, 3.63) is 84.9 Å². The van der Waals surface area contributed by atoms with Crippen molar-refractivity contribution in [3.8, 4) is 28.4 Å². The first kappa shape index (κ1) is 13.5. The molecule has 1 N–H and O–H groups in total. The van der Waals surface area contributed by atoms with E-state index >= 15 is 0 Å². The highest BCUT2D eigenvalue weighted by Gasteiger charge is 2.27. The molecule has 2 heteroatoms. The summed E-state index contributed by atoms with van der Waals surface area (Å²) >= 11 is 0. The lowest BCUT2D eigenvalue weighted by atomic mass is 10.0. The van der Waals surface area contributed by atoms with Crippen LogP contribution < -0.4 is 0 Å². The minimum Gasteiger partial charge on any atom is -0.500 e. The molecule has 0 aliphatic carbocycles.